The van der Waals surface area contributed by atoms with Gasteiger partial charge in [-0.05, 0) is 91.8 Å². The molecule has 20 nitrogen and oxygen atoms in total. The molecule has 3 atom stereocenters. The number of imide groups is 1. The van der Waals surface area contributed by atoms with Gasteiger partial charge in [0.15, 0.2) is 23.1 Å². The summed E-state index contributed by atoms with van der Waals surface area (Å²) < 4.78 is 77.3. The van der Waals surface area contributed by atoms with Gasteiger partial charge in [0.05, 0.1) is 42.1 Å². The van der Waals surface area contributed by atoms with Crippen molar-refractivity contribution in [1.29, 1.82) is 0 Å². The molecule has 24 heteroatoms. The van der Waals surface area contributed by atoms with Crippen molar-refractivity contribution in [3.05, 3.63) is 111 Å². The summed E-state index contributed by atoms with van der Waals surface area (Å²) in [4.78, 5) is 104. The highest BCUT2D eigenvalue weighted by atomic mass is 19.4. The number of carbonyl (C=O) groups is 6. The van der Waals surface area contributed by atoms with E-state index in [1.54, 1.807) is 30.3 Å². The second-order valence-electron chi connectivity index (χ2n) is 19.3. The lowest BCUT2D eigenvalue weighted by molar-refractivity contribution is -0.274. The van der Waals surface area contributed by atoms with E-state index in [4.69, 9.17) is 14.2 Å². The summed E-state index contributed by atoms with van der Waals surface area (Å²) in [6, 6.07) is 14.2. The van der Waals surface area contributed by atoms with E-state index in [9.17, 15) is 46.7 Å². The molecule has 0 aliphatic carbocycles. The van der Waals surface area contributed by atoms with Crippen molar-refractivity contribution in [2.45, 2.75) is 51.6 Å². The van der Waals surface area contributed by atoms with E-state index in [1.807, 2.05) is 4.90 Å². The molecule has 3 unspecified atom stereocenters. The van der Waals surface area contributed by atoms with Crippen LogP contribution in [0.4, 0.5) is 28.9 Å². The fraction of sp³-hybridized carbons (Fsp3) is 0.340. The minimum atomic E-state index is -5.01. The predicted octanol–water partition coefficient (Wildman–Crippen LogP) is 5.83. The number of hydrogen-bond acceptors (Lipinski definition) is 14. The Morgan fingerprint density at radius 3 is 2.34 bits per heavy atom. The smallest absolute Gasteiger partial charge is 0.493 e. The van der Waals surface area contributed by atoms with Gasteiger partial charge in [-0.1, -0.05) is 0 Å². The number of piperidine rings is 1. The van der Waals surface area contributed by atoms with Gasteiger partial charge in [-0.2, -0.15) is 0 Å². The minimum Gasteiger partial charge on any atom is -0.493 e. The Balaban J connectivity index is 0.690. The Hall–Kier alpha value is -8.67. The summed E-state index contributed by atoms with van der Waals surface area (Å²) in [5, 5.41) is 7.84. The molecule has 6 amide bonds. The molecule has 3 saturated heterocycles. The van der Waals surface area contributed by atoms with Crippen LogP contribution >= 0.6 is 0 Å². The lowest BCUT2D eigenvalue weighted by atomic mass is 10.0. The molecule has 3 N–H and O–H groups in total. The fourth-order valence-electron chi connectivity index (χ4n) is 10.5. The van der Waals surface area contributed by atoms with Crippen LogP contribution in [0.2, 0.25) is 0 Å². The number of nitrogens with one attached hydrogen (secondary N) is 3. The predicted molar refractivity (Wildman–Crippen MR) is 267 cm³/mol. The van der Waals surface area contributed by atoms with Crippen LogP contribution < -0.4 is 40.3 Å². The van der Waals surface area contributed by atoms with E-state index in [0.717, 1.165) is 18.2 Å². The maximum atomic E-state index is 15.6. The van der Waals surface area contributed by atoms with Gasteiger partial charge < -0.3 is 43.9 Å². The number of anilines is 2. The van der Waals surface area contributed by atoms with Crippen LogP contribution in [0, 0.1) is 24.6 Å². The van der Waals surface area contributed by atoms with Gasteiger partial charge in [-0.25, -0.2) is 14.4 Å². The highest BCUT2D eigenvalue weighted by Crippen LogP contribution is 2.38. The Labute approximate surface area is 435 Å². The number of nitrogens with zero attached hydrogens (tertiary/aromatic N) is 6. The van der Waals surface area contributed by atoms with E-state index in [1.165, 1.54) is 55.1 Å². The van der Waals surface area contributed by atoms with Crippen LogP contribution in [-0.2, 0) is 32.8 Å². The molecule has 6 aromatic rings. The number of aryl methyl sites for hydroxylation is 1. The minimum absolute atomic E-state index is 0.00744. The van der Waals surface area contributed by atoms with E-state index in [0.29, 0.717) is 66.1 Å². The first kappa shape index (κ1) is 51.8. The number of aromatic nitrogens is 3. The van der Waals surface area contributed by atoms with Crippen LogP contribution in [0.15, 0.2) is 77.9 Å². The zero-order chi connectivity index (χ0) is 54.4. The highest BCUT2D eigenvalue weighted by molar-refractivity contribution is 6.07. The molecular weight excluding hydrogens is 1010 g/mol. The van der Waals surface area contributed by atoms with E-state index in [2.05, 4.69) is 35.6 Å². The maximum Gasteiger partial charge on any atom is 0.573 e. The van der Waals surface area contributed by atoms with Crippen molar-refractivity contribution in [2.24, 2.45) is 18.9 Å². The third-order valence-electron chi connectivity index (χ3n) is 14.3. The monoisotopic (exact) mass is 1060 g/mol. The summed E-state index contributed by atoms with van der Waals surface area (Å²) in [6.07, 6.45) is -2.74. The lowest BCUT2D eigenvalue weighted by Crippen LogP contribution is -2.52. The summed E-state index contributed by atoms with van der Waals surface area (Å²) in [5.41, 5.74) is 1.24. The zero-order valence-corrected chi connectivity index (χ0v) is 41.6. The average Bonchev–Trinajstić information content (AvgIpc) is 4.06. The third-order valence-corrected chi connectivity index (χ3v) is 14.3. The molecule has 10 rings (SSSR count). The first-order valence-electron chi connectivity index (χ1n) is 24.5. The van der Waals surface area contributed by atoms with E-state index in [-0.39, 0.29) is 120 Å². The number of pyridine rings is 1. The molecule has 0 bridgehead atoms. The largest absolute Gasteiger partial charge is 0.573 e. The molecule has 0 radical (unpaired) electrons. The third kappa shape index (κ3) is 10.8. The summed E-state index contributed by atoms with van der Waals surface area (Å²) in [5.74, 6) is -3.10. The molecule has 4 aromatic carbocycles. The van der Waals surface area contributed by atoms with Gasteiger partial charge in [0.25, 0.3) is 11.8 Å². The van der Waals surface area contributed by atoms with Crippen LogP contribution in [-0.4, -0.2) is 124 Å². The molecule has 77 heavy (non-hydrogen) atoms. The summed E-state index contributed by atoms with van der Waals surface area (Å²) in [7, 11) is 2.97. The van der Waals surface area contributed by atoms with Crippen molar-refractivity contribution in [3.63, 3.8) is 0 Å². The van der Waals surface area contributed by atoms with Gasteiger partial charge in [0.2, 0.25) is 34.9 Å². The molecule has 6 heterocycles. The van der Waals surface area contributed by atoms with Crippen molar-refractivity contribution in [1.82, 2.24) is 34.6 Å². The van der Waals surface area contributed by atoms with Crippen LogP contribution in [0.3, 0.4) is 0 Å². The molecule has 4 aliphatic heterocycles. The number of halogens is 4. The topological polar surface area (TPSA) is 233 Å². The number of amides is 6. The van der Waals surface area contributed by atoms with E-state index < -0.39 is 41.2 Å². The quantitative estimate of drug-likeness (QED) is 0.0624. The Morgan fingerprint density at radius 2 is 1.61 bits per heavy atom. The normalized spacial score (nSPS) is 18.3. The van der Waals surface area contributed by atoms with Crippen LogP contribution in [0.5, 0.6) is 28.9 Å². The van der Waals surface area contributed by atoms with Gasteiger partial charge in [-0.15, -0.1) is 13.2 Å². The molecule has 2 aromatic heterocycles. The molecular formula is C53H49F4N9O11. The van der Waals surface area contributed by atoms with Gasteiger partial charge in [-0.3, -0.25) is 43.8 Å². The van der Waals surface area contributed by atoms with Crippen molar-refractivity contribution >= 4 is 68.6 Å². The number of likely N-dealkylation sites (tertiary alicyclic amines) is 2. The molecule has 3 fully saturated rings. The number of fused-ring (bicyclic) bond motifs is 4. The van der Waals surface area contributed by atoms with Gasteiger partial charge >= 0.3 is 6.36 Å². The van der Waals surface area contributed by atoms with Crippen LogP contribution in [0.25, 0.3) is 21.8 Å². The number of hydrogen-bond donors (Lipinski definition) is 3. The molecule has 4 aliphatic rings. The fourth-order valence-corrected chi connectivity index (χ4v) is 10.5. The highest BCUT2D eigenvalue weighted by Gasteiger charge is 2.42. The Bertz CT molecular complexity index is 3490. The Kier molecular flexibility index (Phi) is 14.0. The van der Waals surface area contributed by atoms with E-state index >= 15 is 4.39 Å². The van der Waals surface area contributed by atoms with Gasteiger partial charge in [0.1, 0.15) is 23.7 Å². The number of benzene rings is 4. The number of methoxy groups -OCH3 is 1. The number of rotatable bonds is 15. The summed E-state index contributed by atoms with van der Waals surface area (Å²) >= 11 is 0. The maximum absolute atomic E-state index is 15.6. The first-order chi connectivity index (χ1) is 36.8. The molecule has 0 saturated carbocycles. The van der Waals surface area contributed by atoms with Crippen LogP contribution in [0.1, 0.15) is 57.7 Å². The van der Waals surface area contributed by atoms with Crippen molar-refractivity contribution < 1.29 is 65.3 Å². The zero-order valence-electron chi connectivity index (χ0n) is 41.6. The van der Waals surface area contributed by atoms with Crippen molar-refractivity contribution in [3.8, 4) is 28.9 Å². The average molecular weight is 1060 g/mol. The van der Waals surface area contributed by atoms with Crippen molar-refractivity contribution in [2.75, 3.05) is 57.1 Å². The lowest BCUT2D eigenvalue weighted by Gasteiger charge is -2.29. The molecule has 400 valence electrons. The number of alkyl halides is 3. The number of ether oxygens (including phenoxy) is 4. The SMILES string of the molecule is COc1cc2c(Oc3ccc(NC(=O)c4c(C)n(C)c5ccc(OC(F)(F)F)cc5c4=O)cc3F)ncnc2cc1OCCCC(=O)N1CC2CN(CC(=O)Nc3ccc4c(c3)CN(C3CCC(=O)NC3=O)C4=O)CC2C1. The van der Waals surface area contributed by atoms with Gasteiger partial charge in [0, 0.05) is 87.4 Å². The molecule has 0 spiro atoms. The standard InChI is InChI=1S/C53H49F4N9O11/c1-27-47(48(70)36-17-33(77-53(55,56)57)8-10-39(36)63(27)2)50(72)61-32-7-12-41(37(54)16-32)76-51-35-18-42(74-3)43(19-38(35)58-26-59-51)75-14-4-5-46(69)65-22-29-20-64(21-30(29)23-65)25-45(68)60-31-6-9-34-28(15-31)24-66(52(34)73)40-11-13-44(67)62-49(40)71/h6-10,12,15-19,26,29-30,40H,4-5,11,13-14,20-25H2,1-3H3,(H,60,68)(H,61,72)(H,62,67,71). The first-order valence-corrected chi connectivity index (χ1v) is 24.5. The number of carbonyl (C=O) groups excluding carboxylic acids is 6. The second kappa shape index (κ2) is 20.8. The second-order valence-corrected chi connectivity index (χ2v) is 19.3. The Morgan fingerprint density at radius 1 is 0.857 bits per heavy atom. The summed E-state index contributed by atoms with van der Waals surface area (Å²) in [6.45, 7) is 4.48.